The van der Waals surface area contributed by atoms with Crippen molar-refractivity contribution in [2.24, 2.45) is 5.73 Å². The Morgan fingerprint density at radius 2 is 1.75 bits per heavy atom. The largest absolute Gasteiger partial charge is 0.460 e. The van der Waals surface area contributed by atoms with Crippen LogP contribution in [0.15, 0.2) is 30.3 Å². The van der Waals surface area contributed by atoms with E-state index in [1.807, 2.05) is 30.3 Å². The van der Waals surface area contributed by atoms with Crippen molar-refractivity contribution in [1.29, 1.82) is 0 Å². The molecule has 0 radical (unpaired) electrons. The van der Waals surface area contributed by atoms with Crippen LogP contribution in [0.2, 0.25) is 0 Å². The van der Waals surface area contributed by atoms with Gasteiger partial charge in [0.25, 0.3) is 0 Å². The van der Waals surface area contributed by atoms with Crippen LogP contribution in [0.5, 0.6) is 0 Å². The molecule has 0 amide bonds. The average molecular weight is 279 g/mol. The lowest BCUT2D eigenvalue weighted by atomic mass is 10.2. The highest BCUT2D eigenvalue weighted by Crippen LogP contribution is 2.00. The number of benzene rings is 1. The van der Waals surface area contributed by atoms with Crippen molar-refractivity contribution in [1.82, 2.24) is 10.6 Å². The van der Waals surface area contributed by atoms with E-state index in [1.165, 1.54) is 0 Å². The first-order chi connectivity index (χ1) is 9.83. The lowest BCUT2D eigenvalue weighted by Gasteiger charge is -2.07. The number of hydrogen-bond acceptors (Lipinski definition) is 5. The highest BCUT2D eigenvalue weighted by Gasteiger charge is 2.02. The zero-order chi connectivity index (χ0) is 14.5. The maximum Gasteiger partial charge on any atom is 0.320 e. The third kappa shape index (κ3) is 8.63. The minimum Gasteiger partial charge on any atom is -0.460 e. The van der Waals surface area contributed by atoms with Gasteiger partial charge in [0.1, 0.15) is 6.61 Å². The number of hydrogen-bond donors (Lipinski definition) is 3. The van der Waals surface area contributed by atoms with Crippen LogP contribution < -0.4 is 16.4 Å². The number of ether oxygens (including phenoxy) is 1. The van der Waals surface area contributed by atoms with Gasteiger partial charge in [0.05, 0.1) is 6.54 Å². The minimum atomic E-state index is -0.218. The molecule has 0 heterocycles. The predicted molar refractivity (Wildman–Crippen MR) is 80.3 cm³/mol. The molecule has 4 N–H and O–H groups in total. The van der Waals surface area contributed by atoms with Crippen molar-refractivity contribution >= 4 is 5.97 Å². The van der Waals surface area contributed by atoms with Gasteiger partial charge in [0.15, 0.2) is 0 Å². The van der Waals surface area contributed by atoms with E-state index < -0.39 is 0 Å². The molecule has 0 saturated carbocycles. The Morgan fingerprint density at radius 1 is 1.05 bits per heavy atom. The lowest BCUT2D eigenvalue weighted by Crippen LogP contribution is -2.28. The lowest BCUT2D eigenvalue weighted by molar-refractivity contribution is -0.143. The topological polar surface area (TPSA) is 76.4 Å². The maximum absolute atomic E-state index is 11.5. The first-order valence-electron chi connectivity index (χ1n) is 7.14. The summed E-state index contributed by atoms with van der Waals surface area (Å²) in [4.78, 5) is 11.5. The summed E-state index contributed by atoms with van der Waals surface area (Å²) < 4.78 is 5.16. The number of carbonyl (C=O) groups excluding carboxylic acids is 1. The monoisotopic (exact) mass is 279 g/mol. The Morgan fingerprint density at radius 3 is 2.50 bits per heavy atom. The van der Waals surface area contributed by atoms with Gasteiger partial charge in [-0.1, -0.05) is 30.3 Å². The maximum atomic E-state index is 11.5. The molecule has 0 aliphatic rings. The van der Waals surface area contributed by atoms with Gasteiger partial charge in [-0.05, 0) is 44.6 Å². The Hall–Kier alpha value is -1.43. The van der Waals surface area contributed by atoms with Gasteiger partial charge < -0.3 is 21.1 Å². The summed E-state index contributed by atoms with van der Waals surface area (Å²) in [5.41, 5.74) is 6.40. The van der Waals surface area contributed by atoms with Gasteiger partial charge in [-0.25, -0.2) is 0 Å². The molecule has 112 valence electrons. The van der Waals surface area contributed by atoms with Crippen molar-refractivity contribution in [2.45, 2.75) is 19.4 Å². The second kappa shape index (κ2) is 11.4. The van der Waals surface area contributed by atoms with Gasteiger partial charge in [0, 0.05) is 0 Å². The van der Waals surface area contributed by atoms with Crippen molar-refractivity contribution in [3.05, 3.63) is 35.9 Å². The van der Waals surface area contributed by atoms with Crippen LogP contribution >= 0.6 is 0 Å². The van der Waals surface area contributed by atoms with E-state index in [9.17, 15) is 4.79 Å². The van der Waals surface area contributed by atoms with Crippen molar-refractivity contribution in [3.8, 4) is 0 Å². The number of rotatable bonds is 11. The quantitative estimate of drug-likeness (QED) is 0.409. The number of nitrogens with one attached hydrogen (secondary N) is 2. The first kappa shape index (κ1) is 16.6. The van der Waals surface area contributed by atoms with Gasteiger partial charge in [-0.15, -0.1) is 0 Å². The summed E-state index contributed by atoms with van der Waals surface area (Å²) in [6, 6.07) is 9.67. The molecule has 0 atom stereocenters. The molecule has 5 heteroatoms. The van der Waals surface area contributed by atoms with E-state index in [0.29, 0.717) is 6.61 Å². The molecule has 5 nitrogen and oxygen atoms in total. The fraction of sp³-hybridized carbons (Fsp3) is 0.533. The molecule has 1 aromatic rings. The van der Waals surface area contributed by atoms with Crippen LogP contribution in [0.3, 0.4) is 0 Å². The highest BCUT2D eigenvalue weighted by atomic mass is 16.5. The first-order valence-corrected chi connectivity index (χ1v) is 7.14. The van der Waals surface area contributed by atoms with E-state index in [-0.39, 0.29) is 12.5 Å². The standard InChI is InChI=1S/C15H25N3O2/c16-8-4-9-17-10-5-11-18-12-15(19)20-13-14-6-2-1-3-7-14/h1-3,6-7,17-18H,4-5,8-13,16H2. The molecule has 0 fully saturated rings. The van der Waals surface area contributed by atoms with Crippen molar-refractivity contribution in [3.63, 3.8) is 0 Å². The van der Waals surface area contributed by atoms with E-state index >= 15 is 0 Å². The summed E-state index contributed by atoms with van der Waals surface area (Å²) in [6.45, 7) is 4.01. The van der Waals surface area contributed by atoms with Gasteiger partial charge >= 0.3 is 5.97 Å². The smallest absolute Gasteiger partial charge is 0.320 e. The molecule has 0 unspecified atom stereocenters. The Kier molecular flexibility index (Phi) is 9.48. The molecule has 0 saturated heterocycles. The second-order valence-corrected chi connectivity index (χ2v) is 4.57. The van der Waals surface area contributed by atoms with Crippen molar-refractivity contribution in [2.75, 3.05) is 32.7 Å². The fourth-order valence-corrected chi connectivity index (χ4v) is 1.67. The summed E-state index contributed by atoms with van der Waals surface area (Å²) in [5.74, 6) is -0.218. The summed E-state index contributed by atoms with van der Waals surface area (Å²) in [6.07, 6.45) is 1.98. The van der Waals surface area contributed by atoms with Crippen LogP contribution in [0.4, 0.5) is 0 Å². The third-order valence-corrected chi connectivity index (χ3v) is 2.78. The van der Waals surface area contributed by atoms with E-state index in [1.54, 1.807) is 0 Å². The highest BCUT2D eigenvalue weighted by molar-refractivity contribution is 5.71. The van der Waals surface area contributed by atoms with Gasteiger partial charge in [-0.3, -0.25) is 4.79 Å². The normalized spacial score (nSPS) is 10.4. The van der Waals surface area contributed by atoms with Crippen LogP contribution in [0.1, 0.15) is 18.4 Å². The molecular weight excluding hydrogens is 254 g/mol. The molecule has 1 rings (SSSR count). The average Bonchev–Trinajstić information content (AvgIpc) is 2.49. The number of esters is 1. The van der Waals surface area contributed by atoms with E-state index in [4.69, 9.17) is 10.5 Å². The Balaban J connectivity index is 1.93. The van der Waals surface area contributed by atoms with Gasteiger partial charge in [0.2, 0.25) is 0 Å². The third-order valence-electron chi connectivity index (χ3n) is 2.78. The van der Waals surface area contributed by atoms with Gasteiger partial charge in [-0.2, -0.15) is 0 Å². The number of nitrogens with two attached hydrogens (primary N) is 1. The fourth-order valence-electron chi connectivity index (χ4n) is 1.67. The Labute approximate surface area is 120 Å². The predicted octanol–water partition coefficient (Wildman–Crippen LogP) is 0.648. The molecule has 0 aliphatic carbocycles. The molecule has 0 aromatic heterocycles. The second-order valence-electron chi connectivity index (χ2n) is 4.57. The number of carbonyl (C=O) groups is 1. The van der Waals surface area contributed by atoms with Crippen molar-refractivity contribution < 1.29 is 9.53 Å². The van der Waals surface area contributed by atoms with E-state index in [0.717, 1.165) is 44.6 Å². The summed E-state index contributed by atoms with van der Waals surface area (Å²) >= 11 is 0. The summed E-state index contributed by atoms with van der Waals surface area (Å²) in [5, 5.41) is 6.36. The molecule has 0 bridgehead atoms. The molecule has 1 aromatic carbocycles. The zero-order valence-corrected chi connectivity index (χ0v) is 11.9. The SMILES string of the molecule is NCCCNCCCNCC(=O)OCc1ccccc1. The molecular formula is C15H25N3O2. The molecule has 0 aliphatic heterocycles. The molecule has 20 heavy (non-hydrogen) atoms. The summed E-state index contributed by atoms with van der Waals surface area (Å²) in [7, 11) is 0. The Bertz CT molecular complexity index is 357. The van der Waals surface area contributed by atoms with Crippen LogP contribution in [0.25, 0.3) is 0 Å². The van der Waals surface area contributed by atoms with Crippen LogP contribution in [-0.2, 0) is 16.1 Å². The van der Waals surface area contributed by atoms with E-state index in [2.05, 4.69) is 10.6 Å². The zero-order valence-electron chi connectivity index (χ0n) is 11.9. The minimum absolute atomic E-state index is 0.218. The molecule has 0 spiro atoms. The van der Waals surface area contributed by atoms with Crippen LogP contribution in [-0.4, -0.2) is 38.7 Å². The van der Waals surface area contributed by atoms with Crippen LogP contribution in [0, 0.1) is 0 Å².